The van der Waals surface area contributed by atoms with E-state index in [-0.39, 0.29) is 18.8 Å². The molecule has 118 valence electrons. The minimum Gasteiger partial charge on any atom is -0.444 e. The molecule has 1 N–H and O–H groups in total. The van der Waals surface area contributed by atoms with E-state index in [2.05, 4.69) is 5.32 Å². The Bertz CT molecular complexity index is 495. The van der Waals surface area contributed by atoms with Crippen LogP contribution in [0.1, 0.15) is 36.9 Å². The van der Waals surface area contributed by atoms with Gasteiger partial charge in [0, 0.05) is 13.5 Å². The molecule has 0 aliphatic heterocycles. The number of methoxy groups -OCH3 is 1. The maximum atomic E-state index is 12.1. The van der Waals surface area contributed by atoms with Crippen molar-refractivity contribution in [2.45, 2.75) is 38.8 Å². The number of halogens is 1. The molecule has 5 nitrogen and oxygen atoms in total. The maximum absolute atomic E-state index is 12.1. The van der Waals surface area contributed by atoms with Gasteiger partial charge in [0.2, 0.25) is 0 Å². The molecule has 0 saturated carbocycles. The highest BCUT2D eigenvalue weighted by Crippen LogP contribution is 2.23. The van der Waals surface area contributed by atoms with Gasteiger partial charge in [-0.2, -0.15) is 0 Å². The summed E-state index contributed by atoms with van der Waals surface area (Å²) in [6.07, 6.45) is -0.439. The Kier molecular flexibility index (Phi) is 6.64. The second-order valence-electron chi connectivity index (χ2n) is 5.53. The molecule has 0 aromatic carbocycles. The fourth-order valence-electron chi connectivity index (χ4n) is 1.62. The zero-order chi connectivity index (χ0) is 16.0. The molecular formula is C14H20ClNO4S. The lowest BCUT2D eigenvalue weighted by Crippen LogP contribution is -2.42. The molecule has 1 amide bonds. The minimum atomic E-state index is -0.590. The van der Waals surface area contributed by atoms with Crippen LogP contribution < -0.4 is 5.32 Å². The van der Waals surface area contributed by atoms with Crippen LogP contribution in [-0.2, 0) is 9.47 Å². The average Bonchev–Trinajstić information content (AvgIpc) is 2.73. The number of ketones is 1. The van der Waals surface area contributed by atoms with E-state index in [9.17, 15) is 9.59 Å². The average molecular weight is 334 g/mol. The van der Waals surface area contributed by atoms with Crippen LogP contribution in [0, 0.1) is 0 Å². The molecule has 1 aromatic heterocycles. The highest BCUT2D eigenvalue weighted by molar-refractivity contribution is 7.18. The lowest BCUT2D eigenvalue weighted by atomic mass is 10.1. The van der Waals surface area contributed by atoms with Gasteiger partial charge < -0.3 is 14.8 Å². The summed E-state index contributed by atoms with van der Waals surface area (Å²) in [7, 11) is 1.51. The molecule has 0 bridgehead atoms. The number of Topliss-reactive ketones (excluding diaryl/α,β-unsaturated/α-hetero) is 1. The molecule has 1 atom stereocenters. The second-order valence-corrected chi connectivity index (χ2v) is 7.24. The van der Waals surface area contributed by atoms with Gasteiger partial charge in [-0.15, -0.1) is 11.3 Å². The Hall–Kier alpha value is -1.11. The van der Waals surface area contributed by atoms with Crippen molar-refractivity contribution >= 4 is 34.8 Å². The van der Waals surface area contributed by atoms with Gasteiger partial charge in [-0.1, -0.05) is 11.6 Å². The standard InChI is InChI=1S/C14H20ClNO4S/c1-14(2,3)20-13(18)16-9(8-19-4)7-10(17)11-5-6-12(15)21-11/h5-6,9H,7-8H2,1-4H3,(H,16,18). The van der Waals surface area contributed by atoms with Gasteiger partial charge in [0.05, 0.1) is 21.9 Å². The van der Waals surface area contributed by atoms with E-state index in [0.29, 0.717) is 9.21 Å². The van der Waals surface area contributed by atoms with Crippen molar-refractivity contribution in [2.75, 3.05) is 13.7 Å². The van der Waals surface area contributed by atoms with Gasteiger partial charge >= 0.3 is 6.09 Å². The topological polar surface area (TPSA) is 64.6 Å². The Morgan fingerprint density at radius 2 is 2.05 bits per heavy atom. The molecule has 1 heterocycles. The molecule has 0 saturated heterocycles. The maximum Gasteiger partial charge on any atom is 0.407 e. The molecule has 21 heavy (non-hydrogen) atoms. The van der Waals surface area contributed by atoms with Crippen LogP contribution in [0.25, 0.3) is 0 Å². The van der Waals surface area contributed by atoms with E-state index in [0.717, 1.165) is 0 Å². The predicted molar refractivity (Wildman–Crippen MR) is 83.3 cm³/mol. The summed E-state index contributed by atoms with van der Waals surface area (Å²) in [6, 6.07) is 2.90. The van der Waals surface area contributed by atoms with Gasteiger partial charge in [-0.25, -0.2) is 4.79 Å². The van der Waals surface area contributed by atoms with Gasteiger partial charge in [0.25, 0.3) is 0 Å². The molecule has 0 spiro atoms. The normalized spacial score (nSPS) is 12.8. The minimum absolute atomic E-state index is 0.0926. The summed E-state index contributed by atoms with van der Waals surface area (Å²) in [5, 5.41) is 2.65. The lowest BCUT2D eigenvalue weighted by Gasteiger charge is -2.23. The van der Waals surface area contributed by atoms with E-state index in [1.54, 1.807) is 32.9 Å². The third-order valence-electron chi connectivity index (χ3n) is 2.37. The van der Waals surface area contributed by atoms with Gasteiger partial charge in [-0.3, -0.25) is 4.79 Å². The summed E-state index contributed by atoms with van der Waals surface area (Å²) in [5.74, 6) is -0.0926. The van der Waals surface area contributed by atoms with Gasteiger partial charge in [-0.05, 0) is 32.9 Å². The third-order valence-corrected chi connectivity index (χ3v) is 3.64. The van der Waals surface area contributed by atoms with Crippen molar-refractivity contribution in [2.24, 2.45) is 0 Å². The molecule has 7 heteroatoms. The predicted octanol–water partition coefficient (Wildman–Crippen LogP) is 3.51. The smallest absolute Gasteiger partial charge is 0.407 e. The number of hydrogen-bond donors (Lipinski definition) is 1. The van der Waals surface area contributed by atoms with E-state index in [1.807, 2.05) is 0 Å². The van der Waals surface area contributed by atoms with E-state index >= 15 is 0 Å². The van der Waals surface area contributed by atoms with E-state index in [1.165, 1.54) is 18.4 Å². The molecule has 1 unspecified atom stereocenters. The highest BCUT2D eigenvalue weighted by Gasteiger charge is 2.22. The second kappa shape index (κ2) is 7.77. The largest absolute Gasteiger partial charge is 0.444 e. The number of carbonyl (C=O) groups is 2. The quantitative estimate of drug-likeness (QED) is 0.809. The number of alkyl carbamates (subject to hydrolysis) is 1. The Morgan fingerprint density at radius 1 is 1.38 bits per heavy atom. The fourth-order valence-corrected chi connectivity index (χ4v) is 2.61. The van der Waals surface area contributed by atoms with Gasteiger partial charge in [0.15, 0.2) is 5.78 Å². The molecule has 1 aromatic rings. The first-order valence-corrected chi connectivity index (χ1v) is 7.67. The number of ether oxygens (including phenoxy) is 2. The van der Waals surface area contributed by atoms with Crippen LogP contribution in [0.3, 0.4) is 0 Å². The molecular weight excluding hydrogens is 314 g/mol. The summed E-state index contributed by atoms with van der Waals surface area (Å²) in [6.45, 7) is 5.55. The number of hydrogen-bond acceptors (Lipinski definition) is 5. The first-order valence-electron chi connectivity index (χ1n) is 6.48. The third kappa shape index (κ3) is 6.93. The summed E-state index contributed by atoms with van der Waals surface area (Å²) in [4.78, 5) is 24.4. The van der Waals surface area contributed by atoms with E-state index in [4.69, 9.17) is 21.1 Å². The molecule has 0 fully saturated rings. The zero-order valence-electron chi connectivity index (χ0n) is 12.6. The zero-order valence-corrected chi connectivity index (χ0v) is 14.1. The number of thiophene rings is 1. The van der Waals surface area contributed by atoms with Crippen molar-refractivity contribution < 1.29 is 19.1 Å². The van der Waals surface area contributed by atoms with Crippen molar-refractivity contribution in [3.05, 3.63) is 21.3 Å². The number of carbonyl (C=O) groups excluding carboxylic acids is 2. The summed E-state index contributed by atoms with van der Waals surface area (Å²) in [5.41, 5.74) is -0.590. The van der Waals surface area contributed by atoms with Crippen LogP contribution in [0.4, 0.5) is 4.79 Å². The summed E-state index contributed by atoms with van der Waals surface area (Å²) >= 11 is 7.03. The first kappa shape index (κ1) is 17.9. The number of rotatable bonds is 6. The van der Waals surface area contributed by atoms with Crippen LogP contribution in [0.2, 0.25) is 4.34 Å². The van der Waals surface area contributed by atoms with Crippen molar-refractivity contribution in [1.82, 2.24) is 5.32 Å². The summed E-state index contributed by atoms with van der Waals surface area (Å²) < 4.78 is 10.8. The Balaban J connectivity index is 2.61. The SMILES string of the molecule is COCC(CC(=O)c1ccc(Cl)s1)NC(=O)OC(C)(C)C. The monoisotopic (exact) mass is 333 g/mol. The molecule has 0 aliphatic carbocycles. The molecule has 1 rings (SSSR count). The molecule has 0 aliphatic rings. The van der Waals surface area contributed by atoms with Crippen LogP contribution in [0.5, 0.6) is 0 Å². The Morgan fingerprint density at radius 3 is 2.52 bits per heavy atom. The van der Waals surface area contributed by atoms with Crippen molar-refractivity contribution in [1.29, 1.82) is 0 Å². The van der Waals surface area contributed by atoms with E-state index < -0.39 is 17.7 Å². The van der Waals surface area contributed by atoms with Gasteiger partial charge in [0.1, 0.15) is 5.60 Å². The van der Waals surface area contributed by atoms with Crippen molar-refractivity contribution in [3.63, 3.8) is 0 Å². The van der Waals surface area contributed by atoms with Crippen LogP contribution in [-0.4, -0.2) is 37.2 Å². The lowest BCUT2D eigenvalue weighted by molar-refractivity contribution is 0.0464. The van der Waals surface area contributed by atoms with Crippen LogP contribution >= 0.6 is 22.9 Å². The first-order chi connectivity index (χ1) is 9.71. The highest BCUT2D eigenvalue weighted by atomic mass is 35.5. The Labute approximate surface area is 133 Å². The van der Waals surface area contributed by atoms with Crippen molar-refractivity contribution in [3.8, 4) is 0 Å². The number of nitrogens with one attached hydrogen (secondary N) is 1. The van der Waals surface area contributed by atoms with Crippen LogP contribution in [0.15, 0.2) is 12.1 Å². The fraction of sp³-hybridized carbons (Fsp3) is 0.571. The number of amides is 1. The molecule has 0 radical (unpaired) electrons.